The summed E-state index contributed by atoms with van der Waals surface area (Å²) in [6.07, 6.45) is 0. The van der Waals surface area contributed by atoms with Crippen LogP contribution in [0.25, 0.3) is 0 Å². The molecule has 2 rings (SSSR count). The van der Waals surface area contributed by atoms with Gasteiger partial charge in [-0.3, -0.25) is 10.1 Å². The number of aliphatic carboxylic acids is 1. The van der Waals surface area contributed by atoms with Crippen LogP contribution in [0.5, 0.6) is 11.5 Å². The third-order valence-corrected chi connectivity index (χ3v) is 4.78. The number of carboxylic acids is 1. The first-order valence-electron chi connectivity index (χ1n) is 6.17. The van der Waals surface area contributed by atoms with Crippen molar-refractivity contribution in [2.75, 3.05) is 19.5 Å². The van der Waals surface area contributed by atoms with Gasteiger partial charge in [0.05, 0.1) is 23.6 Å². The van der Waals surface area contributed by atoms with Crippen LogP contribution in [0, 0.1) is 0 Å². The predicted molar refractivity (Wildman–Crippen MR) is 81.6 cm³/mol. The molecule has 1 saturated heterocycles. The summed E-state index contributed by atoms with van der Waals surface area (Å²) in [6.45, 7) is 2.46. The van der Waals surface area contributed by atoms with Crippen molar-refractivity contribution in [2.24, 2.45) is 0 Å². The quantitative estimate of drug-likeness (QED) is 0.840. The average molecular weight is 362 g/mol. The molecule has 1 aromatic carbocycles. The number of ether oxygens (including phenoxy) is 2. The Morgan fingerprint density at radius 3 is 2.90 bits per heavy atom. The summed E-state index contributed by atoms with van der Waals surface area (Å²) in [5.41, 5.74) is 0.964. The Hall–Kier alpha value is -0.920. The Balaban J connectivity index is 2.25. The van der Waals surface area contributed by atoms with Crippen LogP contribution in [0.4, 0.5) is 0 Å². The maximum absolute atomic E-state index is 11.0. The number of methoxy groups -OCH3 is 1. The molecule has 2 N–H and O–H groups in total. The normalized spacial score (nSPS) is 21.8. The Kier molecular flexibility index (Phi) is 5.17. The fraction of sp³-hybridized carbons (Fsp3) is 0.462. The summed E-state index contributed by atoms with van der Waals surface area (Å²) in [5.74, 6) is 1.03. The van der Waals surface area contributed by atoms with Crippen molar-refractivity contribution in [1.29, 1.82) is 0 Å². The molecule has 5 nitrogen and oxygen atoms in total. The number of hydrogen-bond acceptors (Lipinski definition) is 5. The van der Waals surface area contributed by atoms with E-state index in [4.69, 9.17) is 14.6 Å². The molecule has 1 aromatic rings. The Labute approximate surface area is 130 Å². The van der Waals surface area contributed by atoms with Gasteiger partial charge in [-0.15, -0.1) is 11.8 Å². The van der Waals surface area contributed by atoms with E-state index in [0.29, 0.717) is 23.9 Å². The first-order chi connectivity index (χ1) is 9.56. The molecule has 1 fully saturated rings. The predicted octanol–water partition coefficient (Wildman–Crippen LogP) is 2.64. The molecule has 1 aliphatic heterocycles. The minimum atomic E-state index is -0.822. The van der Waals surface area contributed by atoms with Gasteiger partial charge in [-0.05, 0) is 40.5 Å². The molecule has 0 aliphatic carbocycles. The molecule has 1 heterocycles. The highest BCUT2D eigenvalue weighted by Crippen LogP contribution is 2.41. The van der Waals surface area contributed by atoms with Crippen molar-refractivity contribution < 1.29 is 19.4 Å². The largest absolute Gasteiger partial charge is 0.493 e. The van der Waals surface area contributed by atoms with E-state index in [1.54, 1.807) is 18.9 Å². The van der Waals surface area contributed by atoms with Crippen LogP contribution >= 0.6 is 27.7 Å². The number of carboxylic acid groups (broad SMARTS) is 1. The Bertz CT molecular complexity index is 511. The highest BCUT2D eigenvalue weighted by atomic mass is 79.9. The summed E-state index contributed by atoms with van der Waals surface area (Å²) >= 11 is 5.04. The number of thioether (sulfide) groups is 1. The molecular formula is C13H16BrNO4S. The monoisotopic (exact) mass is 361 g/mol. The summed E-state index contributed by atoms with van der Waals surface area (Å²) in [6, 6.07) is 3.30. The lowest BCUT2D eigenvalue weighted by atomic mass is 10.2. The smallest absolute Gasteiger partial charge is 0.321 e. The van der Waals surface area contributed by atoms with E-state index in [2.05, 4.69) is 21.2 Å². The molecule has 0 amide bonds. The summed E-state index contributed by atoms with van der Waals surface area (Å²) in [7, 11) is 1.59. The first kappa shape index (κ1) is 15.5. The molecule has 0 aromatic heterocycles. The van der Waals surface area contributed by atoms with Gasteiger partial charge in [-0.1, -0.05) is 0 Å². The van der Waals surface area contributed by atoms with Crippen LogP contribution in [-0.2, 0) is 4.79 Å². The van der Waals surface area contributed by atoms with Gasteiger partial charge in [0.1, 0.15) is 6.04 Å². The molecule has 2 unspecified atom stereocenters. The molecule has 0 radical (unpaired) electrons. The zero-order valence-corrected chi connectivity index (χ0v) is 13.6. The van der Waals surface area contributed by atoms with Crippen LogP contribution in [0.2, 0.25) is 0 Å². The molecule has 7 heteroatoms. The molecule has 110 valence electrons. The van der Waals surface area contributed by atoms with Crippen molar-refractivity contribution in [3.8, 4) is 11.5 Å². The van der Waals surface area contributed by atoms with E-state index < -0.39 is 12.0 Å². The minimum absolute atomic E-state index is 0.0584. The molecule has 0 spiro atoms. The fourth-order valence-electron chi connectivity index (χ4n) is 1.98. The molecule has 1 aliphatic rings. The van der Waals surface area contributed by atoms with Gasteiger partial charge >= 0.3 is 5.97 Å². The van der Waals surface area contributed by atoms with Gasteiger partial charge in [0.15, 0.2) is 11.5 Å². The van der Waals surface area contributed by atoms with Gasteiger partial charge in [0.2, 0.25) is 0 Å². The molecule has 20 heavy (non-hydrogen) atoms. The van der Waals surface area contributed by atoms with Crippen molar-refractivity contribution in [3.63, 3.8) is 0 Å². The second-order valence-corrected chi connectivity index (χ2v) is 6.23. The Morgan fingerprint density at radius 1 is 1.60 bits per heavy atom. The number of hydrogen-bond donors (Lipinski definition) is 2. The van der Waals surface area contributed by atoms with E-state index in [9.17, 15) is 4.79 Å². The highest BCUT2D eigenvalue weighted by molar-refractivity contribution is 9.10. The zero-order valence-electron chi connectivity index (χ0n) is 11.2. The zero-order chi connectivity index (χ0) is 14.7. The summed E-state index contributed by atoms with van der Waals surface area (Å²) < 4.78 is 11.7. The van der Waals surface area contributed by atoms with Crippen LogP contribution in [0.3, 0.4) is 0 Å². The molecular weight excluding hydrogens is 346 g/mol. The highest BCUT2D eigenvalue weighted by Gasteiger charge is 2.31. The average Bonchev–Trinajstić information content (AvgIpc) is 2.90. The van der Waals surface area contributed by atoms with Crippen LogP contribution in [-0.4, -0.2) is 36.6 Å². The van der Waals surface area contributed by atoms with Crippen molar-refractivity contribution in [1.82, 2.24) is 5.32 Å². The molecule has 0 saturated carbocycles. The first-order valence-corrected chi connectivity index (χ1v) is 8.01. The summed E-state index contributed by atoms with van der Waals surface area (Å²) in [4.78, 5) is 11.0. The molecule has 0 bridgehead atoms. The number of halogens is 1. The van der Waals surface area contributed by atoms with Gasteiger partial charge in [-0.2, -0.15) is 0 Å². The lowest BCUT2D eigenvalue weighted by molar-refractivity contribution is -0.138. The van der Waals surface area contributed by atoms with Gasteiger partial charge in [0, 0.05) is 5.75 Å². The molecule has 2 atom stereocenters. The van der Waals surface area contributed by atoms with E-state index in [1.807, 2.05) is 19.1 Å². The maximum Gasteiger partial charge on any atom is 0.321 e. The third kappa shape index (κ3) is 3.21. The van der Waals surface area contributed by atoms with E-state index in [0.717, 1.165) is 10.0 Å². The standard InChI is InChI=1S/C13H16BrNO4S/c1-3-19-11-8(14)4-7(5-10(11)18-2)12-15-9(6-20-12)13(16)17/h4-5,9,12,15H,3,6H2,1-2H3,(H,16,17). The van der Waals surface area contributed by atoms with E-state index >= 15 is 0 Å². The van der Waals surface area contributed by atoms with E-state index in [1.165, 1.54) is 0 Å². The minimum Gasteiger partial charge on any atom is -0.493 e. The van der Waals surface area contributed by atoms with Crippen molar-refractivity contribution in [3.05, 3.63) is 22.2 Å². The number of carbonyl (C=O) groups is 1. The third-order valence-electron chi connectivity index (χ3n) is 2.92. The van der Waals surface area contributed by atoms with Crippen molar-refractivity contribution >= 4 is 33.7 Å². The SMILES string of the molecule is CCOc1c(Br)cc(C2NC(C(=O)O)CS2)cc1OC. The second-order valence-electron chi connectivity index (χ2n) is 4.24. The lowest BCUT2D eigenvalue weighted by Crippen LogP contribution is -2.33. The maximum atomic E-state index is 11.0. The van der Waals surface area contributed by atoms with Crippen molar-refractivity contribution in [2.45, 2.75) is 18.3 Å². The topological polar surface area (TPSA) is 67.8 Å². The lowest BCUT2D eigenvalue weighted by Gasteiger charge is -2.16. The summed E-state index contributed by atoms with van der Waals surface area (Å²) in [5, 5.41) is 12.0. The Morgan fingerprint density at radius 2 is 2.35 bits per heavy atom. The number of nitrogens with one attached hydrogen (secondary N) is 1. The van der Waals surface area contributed by atoms with Crippen LogP contribution < -0.4 is 14.8 Å². The van der Waals surface area contributed by atoms with E-state index in [-0.39, 0.29) is 5.37 Å². The van der Waals surface area contributed by atoms with Gasteiger partial charge in [0.25, 0.3) is 0 Å². The fourth-order valence-corrected chi connectivity index (χ4v) is 3.77. The van der Waals surface area contributed by atoms with Crippen LogP contribution in [0.1, 0.15) is 17.9 Å². The number of benzene rings is 1. The van der Waals surface area contributed by atoms with Crippen LogP contribution in [0.15, 0.2) is 16.6 Å². The van der Waals surface area contributed by atoms with Gasteiger partial charge in [-0.25, -0.2) is 0 Å². The second kappa shape index (κ2) is 6.69. The number of rotatable bonds is 5. The van der Waals surface area contributed by atoms with Gasteiger partial charge < -0.3 is 14.6 Å².